The second-order valence-corrected chi connectivity index (χ2v) is 14.3. The highest BCUT2D eigenvalue weighted by molar-refractivity contribution is 6.13. The molecule has 0 saturated carbocycles. The highest BCUT2D eigenvalue weighted by Gasteiger charge is 2.29. The standard InChI is InChI=1S/C60H38N2O/c1-3-12-37(13-4-1)55-56(38-14-5-2-6-15-38)60(51-31-28-41-24-23-39-16-9-17-40-27-30-50(51)54(41)53(39)40)63-59(55)45-19-10-18-44(36-45)46-32-33-49(48-22-8-7-21-47(46)48)52-34-29-43-26-25-42-20-11-35-61-57(42)58(43)62-52/h1-27,29-30,32-36H,28,31H2/i1D,2D,3D,4D,5D,6D,9D,10D,11D,12D,13D,14D,15D,16D,17D,18D,19D,20D,23D,24D,25D,26D,27D,28D,29D,30D,31D,34D,35D,36D. The molecule has 2 atom stereocenters. The Balaban J connectivity index is 1.21. The fourth-order valence-corrected chi connectivity index (χ4v) is 8.17. The third-order valence-electron chi connectivity index (χ3n) is 10.9. The molecule has 2 unspecified atom stereocenters. The molecule has 13 rings (SSSR count). The Labute approximate surface area is 406 Å². The van der Waals surface area contributed by atoms with Crippen LogP contribution in [0.5, 0.6) is 0 Å². The molecule has 0 amide bonds. The quantitative estimate of drug-likeness (QED) is 0.157. The van der Waals surface area contributed by atoms with Crippen LogP contribution in [-0.4, -0.2) is 9.97 Å². The number of nitrogens with zero attached hydrogens (tertiary/aromatic N) is 2. The van der Waals surface area contributed by atoms with Crippen LogP contribution in [0.1, 0.15) is 58.8 Å². The summed E-state index contributed by atoms with van der Waals surface area (Å²) in [7, 11) is 0. The van der Waals surface area contributed by atoms with E-state index in [0.29, 0.717) is 0 Å². The molecule has 1 aliphatic carbocycles. The molecular weight excluding hydrogens is 765 g/mol. The molecule has 3 heteroatoms. The number of furan rings is 1. The van der Waals surface area contributed by atoms with Crippen LogP contribution in [0.3, 0.4) is 0 Å². The van der Waals surface area contributed by atoms with Crippen molar-refractivity contribution in [3.05, 3.63) is 222 Å². The SMILES string of the molecule is [2H]c1nc2c(c([2H])c1[2H])c([2H])c([2H])c1c([2H])c([2H])c(-c3ccc(-c4c([2H])c([2H])c([2H])c(-c5oc(C6=c7c([2H])c([2H])c8c([2H])c([2H])c([2H])c9c([2H])c([2H])c(c7c98)C([2H])C6[2H])c(-c6c([2H])c([2H])c([2H])c([2H])c6[2H])c5-c5c([2H])c([2H])c([2H])c([2H])c5[2H])c4[2H])c4ccccc34)nc12. The zero-order valence-electron chi connectivity index (χ0n) is 61.9. The van der Waals surface area contributed by atoms with E-state index in [0.717, 1.165) is 0 Å². The lowest BCUT2D eigenvalue weighted by atomic mass is 9.84. The average Bonchev–Trinajstić information content (AvgIpc) is 1.65. The van der Waals surface area contributed by atoms with Crippen molar-refractivity contribution in [3.8, 4) is 56.0 Å². The molecule has 3 heterocycles. The van der Waals surface area contributed by atoms with Crippen molar-refractivity contribution in [2.45, 2.75) is 12.8 Å². The first-order valence-electron chi connectivity index (χ1n) is 34.4. The predicted octanol–water partition coefficient (Wildman–Crippen LogP) is 15.0. The molecular formula is C60H38N2O. The first-order valence-corrected chi connectivity index (χ1v) is 19.2. The molecule has 294 valence electrons. The van der Waals surface area contributed by atoms with E-state index in [1.54, 1.807) is 12.1 Å². The summed E-state index contributed by atoms with van der Waals surface area (Å²) in [5.74, 6) is -1.84. The number of hydrogen-bond acceptors (Lipinski definition) is 3. The van der Waals surface area contributed by atoms with E-state index in [2.05, 4.69) is 4.98 Å². The van der Waals surface area contributed by atoms with Gasteiger partial charge in [0.15, 0.2) is 0 Å². The van der Waals surface area contributed by atoms with Crippen LogP contribution < -0.4 is 5.22 Å². The van der Waals surface area contributed by atoms with Gasteiger partial charge in [-0.3, -0.25) is 4.98 Å². The van der Waals surface area contributed by atoms with Crippen molar-refractivity contribution in [3.63, 3.8) is 0 Å². The minimum atomic E-state index is -2.19. The first-order chi connectivity index (χ1) is 43.7. The fourth-order valence-electron chi connectivity index (χ4n) is 8.17. The van der Waals surface area contributed by atoms with Gasteiger partial charge in [-0.05, 0) is 96.3 Å². The van der Waals surface area contributed by atoms with Gasteiger partial charge in [-0.25, -0.2) is 4.98 Å². The molecule has 9 aromatic carbocycles. The van der Waals surface area contributed by atoms with Crippen LogP contribution in [0.4, 0.5) is 0 Å². The lowest BCUT2D eigenvalue weighted by Crippen LogP contribution is -2.16. The summed E-state index contributed by atoms with van der Waals surface area (Å²) in [5, 5.41) is -2.48. The Morgan fingerprint density at radius 1 is 0.476 bits per heavy atom. The topological polar surface area (TPSA) is 38.9 Å². The molecule has 63 heavy (non-hydrogen) atoms. The maximum atomic E-state index is 10.3. The molecule has 1 aliphatic rings. The number of pyridine rings is 2. The largest absolute Gasteiger partial charge is 0.455 e. The molecule has 0 radical (unpaired) electrons. The van der Waals surface area contributed by atoms with Crippen molar-refractivity contribution in [2.75, 3.05) is 0 Å². The molecule has 3 nitrogen and oxygen atoms in total. The average molecular weight is 833 g/mol. The fraction of sp³-hybridized carbons (Fsp3) is 0.0333. The Hall–Kier alpha value is -8.14. The van der Waals surface area contributed by atoms with E-state index in [-0.39, 0.29) is 60.2 Å². The molecule has 12 aromatic rings. The van der Waals surface area contributed by atoms with Crippen LogP contribution in [-0.2, 0) is 6.40 Å². The van der Waals surface area contributed by atoms with Gasteiger partial charge in [-0.1, -0.05) is 181 Å². The Kier molecular flexibility index (Phi) is 3.83. The van der Waals surface area contributed by atoms with Gasteiger partial charge in [0.05, 0.1) is 55.1 Å². The Bertz CT molecular complexity index is 5530. The Morgan fingerprint density at radius 3 is 1.89 bits per heavy atom. The van der Waals surface area contributed by atoms with Gasteiger partial charge in [0, 0.05) is 47.5 Å². The lowest BCUT2D eigenvalue weighted by Gasteiger charge is -2.19. The van der Waals surface area contributed by atoms with E-state index < -0.39 is 254 Å². The minimum Gasteiger partial charge on any atom is -0.455 e. The number of rotatable bonds is 6. The molecule has 0 bridgehead atoms. The second kappa shape index (κ2) is 14.2. The summed E-state index contributed by atoms with van der Waals surface area (Å²) in [6, 6.07) is -14.1. The number of fused-ring (bicyclic) bond motifs is 4. The van der Waals surface area contributed by atoms with Crippen LogP contribution in [0.15, 0.2) is 210 Å². The van der Waals surface area contributed by atoms with E-state index >= 15 is 0 Å². The third kappa shape index (κ3) is 5.67. The van der Waals surface area contributed by atoms with Crippen molar-refractivity contribution >= 4 is 59.7 Å². The molecule has 0 saturated heterocycles. The number of hydrogen-bond donors (Lipinski definition) is 0. The van der Waals surface area contributed by atoms with Crippen molar-refractivity contribution in [1.29, 1.82) is 0 Å². The second-order valence-electron chi connectivity index (χ2n) is 14.3. The van der Waals surface area contributed by atoms with E-state index in [9.17, 15) is 19.2 Å². The zero-order chi connectivity index (χ0) is 67.5. The summed E-state index contributed by atoms with van der Waals surface area (Å²) < 4.78 is 282. The molecule has 3 aromatic heterocycles. The summed E-state index contributed by atoms with van der Waals surface area (Å²) >= 11 is 0. The van der Waals surface area contributed by atoms with Crippen LogP contribution in [0, 0.1) is 0 Å². The van der Waals surface area contributed by atoms with Crippen molar-refractivity contribution in [1.82, 2.24) is 9.97 Å². The van der Waals surface area contributed by atoms with E-state index in [1.165, 1.54) is 24.3 Å². The van der Waals surface area contributed by atoms with Gasteiger partial charge < -0.3 is 4.42 Å². The van der Waals surface area contributed by atoms with Crippen LogP contribution in [0.25, 0.3) is 116 Å². The van der Waals surface area contributed by atoms with Gasteiger partial charge >= 0.3 is 0 Å². The highest BCUT2D eigenvalue weighted by atomic mass is 16.3. The van der Waals surface area contributed by atoms with Gasteiger partial charge in [0.1, 0.15) is 11.5 Å². The molecule has 0 spiro atoms. The highest BCUT2D eigenvalue weighted by Crippen LogP contribution is 2.49. The van der Waals surface area contributed by atoms with E-state index in [1.807, 2.05) is 0 Å². The van der Waals surface area contributed by atoms with Crippen LogP contribution >= 0.6 is 0 Å². The summed E-state index contributed by atoms with van der Waals surface area (Å²) in [6.45, 7) is 0. The normalized spacial score (nSPS) is 21.6. The van der Waals surface area contributed by atoms with Crippen molar-refractivity contribution < 1.29 is 45.5 Å². The molecule has 0 aliphatic heterocycles. The minimum absolute atomic E-state index is 0.0631. The Morgan fingerprint density at radius 2 is 1.10 bits per heavy atom. The molecule has 0 fully saturated rings. The lowest BCUT2D eigenvalue weighted by molar-refractivity contribution is 0.565. The van der Waals surface area contributed by atoms with Gasteiger partial charge in [-0.2, -0.15) is 0 Å². The number of aromatic nitrogens is 2. The third-order valence-corrected chi connectivity index (χ3v) is 10.9. The first kappa shape index (κ1) is 17.0. The van der Waals surface area contributed by atoms with Gasteiger partial charge in [0.2, 0.25) is 0 Å². The van der Waals surface area contributed by atoms with Crippen LogP contribution in [0.2, 0.25) is 0 Å². The summed E-state index contributed by atoms with van der Waals surface area (Å²) in [4.78, 5) is 8.84. The predicted molar refractivity (Wildman–Crippen MR) is 261 cm³/mol. The summed E-state index contributed by atoms with van der Waals surface area (Å²) in [5.41, 5.74) is -6.57. The van der Waals surface area contributed by atoms with Gasteiger partial charge in [0.25, 0.3) is 0 Å². The number of aryl methyl sites for hydroxylation is 1. The molecule has 0 N–H and O–H groups in total. The van der Waals surface area contributed by atoms with Gasteiger partial charge in [-0.15, -0.1) is 0 Å². The maximum Gasteiger partial charge on any atom is 0.143 e. The monoisotopic (exact) mass is 832 g/mol. The number of benzene rings is 9. The zero-order valence-corrected chi connectivity index (χ0v) is 31.9. The summed E-state index contributed by atoms with van der Waals surface area (Å²) in [6.07, 6.45) is -4.91. The smallest absolute Gasteiger partial charge is 0.143 e. The maximum absolute atomic E-state index is 10.3. The van der Waals surface area contributed by atoms with Crippen molar-refractivity contribution in [2.24, 2.45) is 0 Å². The van der Waals surface area contributed by atoms with E-state index in [4.69, 9.17) is 31.3 Å².